The Labute approximate surface area is 161 Å². The van der Waals surface area contributed by atoms with Crippen LogP contribution in [0.2, 0.25) is 0 Å². The number of anilines is 1. The van der Waals surface area contributed by atoms with E-state index in [1.165, 1.54) is 0 Å². The summed E-state index contributed by atoms with van der Waals surface area (Å²) in [5.74, 6) is -0.113. The second-order valence-corrected chi connectivity index (χ2v) is 7.52. The van der Waals surface area contributed by atoms with Gasteiger partial charge in [0.25, 0.3) is 5.56 Å². The van der Waals surface area contributed by atoms with E-state index in [4.69, 9.17) is 0 Å². The summed E-state index contributed by atoms with van der Waals surface area (Å²) in [5, 5.41) is 3.93. The van der Waals surface area contributed by atoms with Crippen LogP contribution in [0.3, 0.4) is 0 Å². The molecule has 0 saturated carbocycles. The number of benzene rings is 2. The third-order valence-corrected chi connectivity index (χ3v) is 4.96. The molecule has 4 nitrogen and oxygen atoms in total. The zero-order valence-corrected chi connectivity index (χ0v) is 16.7. The van der Waals surface area contributed by atoms with Crippen LogP contribution < -0.4 is 10.9 Å². The smallest absolute Gasteiger partial charge is 0.251 e. The Morgan fingerprint density at radius 2 is 1.73 bits per heavy atom. The molecule has 1 heterocycles. The average Bonchev–Trinajstić information content (AvgIpc) is 2.57. The highest BCUT2D eigenvalue weighted by Gasteiger charge is 2.11. The van der Waals surface area contributed by atoms with Gasteiger partial charge in [0.15, 0.2) is 0 Å². The van der Waals surface area contributed by atoms with Gasteiger partial charge >= 0.3 is 0 Å². The monoisotopic (exact) mass is 412 g/mol. The Balaban J connectivity index is 1.86. The fourth-order valence-electron chi connectivity index (χ4n) is 3.26. The topological polar surface area (TPSA) is 51.1 Å². The zero-order valence-electron chi connectivity index (χ0n) is 15.1. The molecule has 0 aliphatic rings. The van der Waals surface area contributed by atoms with Crippen molar-refractivity contribution < 1.29 is 4.79 Å². The minimum absolute atomic E-state index is 0.0709. The molecule has 0 atom stereocenters. The Morgan fingerprint density at radius 3 is 2.42 bits per heavy atom. The highest BCUT2D eigenvalue weighted by atomic mass is 79.9. The number of carbonyl (C=O) groups excluding carboxylic acids is 1. The number of carbonyl (C=O) groups is 1. The average molecular weight is 413 g/mol. The van der Waals surface area contributed by atoms with E-state index in [0.29, 0.717) is 6.54 Å². The number of amides is 1. The molecule has 1 N–H and O–H groups in total. The number of rotatable bonds is 4. The second-order valence-electron chi connectivity index (χ2n) is 6.60. The predicted molar refractivity (Wildman–Crippen MR) is 110 cm³/mol. The number of aryl methyl sites for hydroxylation is 4. The number of aromatic nitrogens is 1. The summed E-state index contributed by atoms with van der Waals surface area (Å²) in [6, 6.07) is 13.2. The molecule has 0 radical (unpaired) electrons. The van der Waals surface area contributed by atoms with E-state index in [2.05, 4.69) is 33.4 Å². The molecule has 26 heavy (non-hydrogen) atoms. The van der Waals surface area contributed by atoms with Crippen molar-refractivity contribution >= 4 is 38.4 Å². The molecular weight excluding hydrogens is 392 g/mol. The van der Waals surface area contributed by atoms with Crippen molar-refractivity contribution in [2.24, 2.45) is 0 Å². The lowest BCUT2D eigenvalue weighted by atomic mass is 10.0. The number of pyridine rings is 1. The lowest BCUT2D eigenvalue weighted by Crippen LogP contribution is -2.24. The summed E-state index contributed by atoms with van der Waals surface area (Å²) in [6.07, 6.45) is 0.238. The van der Waals surface area contributed by atoms with E-state index in [1.54, 1.807) is 10.6 Å². The van der Waals surface area contributed by atoms with Crippen LogP contribution in [0.1, 0.15) is 23.1 Å². The summed E-state index contributed by atoms with van der Waals surface area (Å²) in [7, 11) is 0. The molecule has 0 spiro atoms. The third kappa shape index (κ3) is 3.88. The van der Waals surface area contributed by atoms with Crippen molar-refractivity contribution in [2.75, 3.05) is 5.32 Å². The van der Waals surface area contributed by atoms with Gasteiger partial charge in [-0.15, -0.1) is 0 Å². The maximum absolute atomic E-state index is 12.5. The predicted octanol–water partition coefficient (Wildman–Crippen LogP) is 4.72. The van der Waals surface area contributed by atoms with E-state index in [1.807, 2.05) is 45.0 Å². The van der Waals surface area contributed by atoms with E-state index in [-0.39, 0.29) is 17.9 Å². The summed E-state index contributed by atoms with van der Waals surface area (Å²) >= 11 is 3.37. The molecule has 1 aromatic heterocycles. The molecule has 0 aliphatic heterocycles. The van der Waals surface area contributed by atoms with Crippen molar-refractivity contribution in [1.29, 1.82) is 0 Å². The second kappa shape index (κ2) is 7.46. The van der Waals surface area contributed by atoms with Gasteiger partial charge in [-0.25, -0.2) is 0 Å². The van der Waals surface area contributed by atoms with Gasteiger partial charge in [0.1, 0.15) is 0 Å². The van der Waals surface area contributed by atoms with Crippen LogP contribution in [-0.2, 0) is 11.3 Å². The Morgan fingerprint density at radius 1 is 1.04 bits per heavy atom. The Bertz CT molecular complexity index is 1040. The maximum Gasteiger partial charge on any atom is 0.251 e. The van der Waals surface area contributed by atoms with E-state index < -0.39 is 0 Å². The van der Waals surface area contributed by atoms with Crippen LogP contribution in [0, 0.1) is 20.8 Å². The molecule has 0 fully saturated rings. The van der Waals surface area contributed by atoms with Crippen molar-refractivity contribution in [3.63, 3.8) is 0 Å². The number of fused-ring (bicyclic) bond motifs is 1. The normalized spacial score (nSPS) is 10.9. The minimum Gasteiger partial charge on any atom is -0.326 e. The van der Waals surface area contributed by atoms with Crippen LogP contribution in [-0.4, -0.2) is 10.5 Å². The lowest BCUT2D eigenvalue weighted by molar-refractivity contribution is -0.116. The van der Waals surface area contributed by atoms with Crippen molar-refractivity contribution in [3.8, 4) is 0 Å². The highest BCUT2D eigenvalue weighted by Crippen LogP contribution is 2.22. The summed E-state index contributed by atoms with van der Waals surface area (Å²) in [5.41, 5.74) is 4.76. The van der Waals surface area contributed by atoms with Crippen molar-refractivity contribution in [3.05, 3.63) is 74.0 Å². The van der Waals surface area contributed by atoms with Crippen molar-refractivity contribution in [2.45, 2.75) is 33.7 Å². The van der Waals surface area contributed by atoms with Crippen LogP contribution in [0.25, 0.3) is 10.9 Å². The molecule has 3 rings (SSSR count). The molecular formula is C21H21BrN2O2. The van der Waals surface area contributed by atoms with E-state index in [9.17, 15) is 9.59 Å². The molecule has 5 heteroatoms. The Kier molecular flexibility index (Phi) is 5.28. The van der Waals surface area contributed by atoms with Crippen LogP contribution in [0.5, 0.6) is 0 Å². The molecule has 0 unspecified atom stereocenters. The van der Waals surface area contributed by atoms with Crippen molar-refractivity contribution in [1.82, 2.24) is 4.57 Å². The molecule has 0 bridgehead atoms. The summed E-state index contributed by atoms with van der Waals surface area (Å²) < 4.78 is 2.66. The molecule has 2 aromatic carbocycles. The number of hydrogen-bond donors (Lipinski definition) is 1. The summed E-state index contributed by atoms with van der Waals surface area (Å²) in [4.78, 5) is 24.8. The highest BCUT2D eigenvalue weighted by molar-refractivity contribution is 9.10. The van der Waals surface area contributed by atoms with Gasteiger partial charge < -0.3 is 9.88 Å². The zero-order chi connectivity index (χ0) is 18.8. The fraction of sp³-hybridized carbons (Fsp3) is 0.238. The first-order valence-electron chi connectivity index (χ1n) is 8.52. The first kappa shape index (κ1) is 18.4. The number of nitrogens with zero attached hydrogens (tertiary/aromatic N) is 1. The number of hydrogen-bond acceptors (Lipinski definition) is 2. The standard InChI is InChI=1S/C21H21BrN2O2/c1-13-10-15(3)21-18(11-13)14(2)12-20(26)24(21)9-8-19(25)23-17-6-4-16(22)5-7-17/h4-7,10-12H,8-9H2,1-3H3,(H,23,25). The van der Waals surface area contributed by atoms with Gasteiger partial charge in [-0.2, -0.15) is 0 Å². The van der Waals surface area contributed by atoms with E-state index in [0.717, 1.165) is 37.8 Å². The summed E-state index contributed by atoms with van der Waals surface area (Å²) in [6.45, 7) is 6.36. The first-order chi connectivity index (χ1) is 12.3. The van der Waals surface area contributed by atoms with Gasteiger partial charge in [0.05, 0.1) is 5.52 Å². The SMILES string of the molecule is Cc1cc(C)c2c(c1)c(C)cc(=O)n2CCC(=O)Nc1ccc(Br)cc1. The quantitative estimate of drug-likeness (QED) is 0.673. The van der Waals surface area contributed by atoms with Gasteiger partial charge in [0.2, 0.25) is 5.91 Å². The third-order valence-electron chi connectivity index (χ3n) is 4.44. The number of nitrogens with one attached hydrogen (secondary N) is 1. The fourth-order valence-corrected chi connectivity index (χ4v) is 3.53. The lowest BCUT2D eigenvalue weighted by Gasteiger charge is -2.15. The van der Waals surface area contributed by atoms with E-state index >= 15 is 0 Å². The van der Waals surface area contributed by atoms with Crippen LogP contribution in [0.4, 0.5) is 5.69 Å². The van der Waals surface area contributed by atoms with Gasteiger partial charge in [-0.05, 0) is 62.2 Å². The van der Waals surface area contributed by atoms with Gasteiger partial charge in [-0.1, -0.05) is 27.6 Å². The maximum atomic E-state index is 12.5. The van der Waals surface area contributed by atoms with Crippen LogP contribution >= 0.6 is 15.9 Å². The van der Waals surface area contributed by atoms with Gasteiger partial charge in [-0.3, -0.25) is 9.59 Å². The Hall–Kier alpha value is -2.40. The molecule has 0 saturated heterocycles. The molecule has 3 aromatic rings. The first-order valence-corrected chi connectivity index (χ1v) is 9.31. The van der Waals surface area contributed by atoms with Crippen LogP contribution in [0.15, 0.2) is 51.7 Å². The molecule has 134 valence electrons. The molecule has 0 aliphatic carbocycles. The largest absolute Gasteiger partial charge is 0.326 e. The number of halogens is 1. The molecule has 1 amide bonds. The van der Waals surface area contributed by atoms with Gasteiger partial charge in [0, 0.05) is 34.6 Å². The minimum atomic E-state index is -0.113.